The van der Waals surface area contributed by atoms with Gasteiger partial charge in [-0.1, -0.05) is 12.1 Å². The summed E-state index contributed by atoms with van der Waals surface area (Å²) < 4.78 is 0. The number of anilines is 2. The van der Waals surface area contributed by atoms with Crippen molar-refractivity contribution >= 4 is 28.6 Å². The van der Waals surface area contributed by atoms with E-state index in [0.29, 0.717) is 24.2 Å². The van der Waals surface area contributed by atoms with Crippen LogP contribution >= 0.6 is 11.3 Å². The molecule has 0 atom stereocenters. The van der Waals surface area contributed by atoms with E-state index >= 15 is 0 Å². The normalized spacial score (nSPS) is 21.2. The summed E-state index contributed by atoms with van der Waals surface area (Å²) in [6.07, 6.45) is 0.743. The van der Waals surface area contributed by atoms with Crippen molar-refractivity contribution < 1.29 is 9.90 Å². The Balaban J connectivity index is 1.78. The third-order valence-corrected chi connectivity index (χ3v) is 4.52. The third kappa shape index (κ3) is 2.55. The number of carbonyl (C=O) groups excluding carboxylic acids is 1. The second kappa shape index (κ2) is 5.26. The molecule has 1 heterocycles. The first kappa shape index (κ1) is 13.1. The van der Waals surface area contributed by atoms with Crippen LogP contribution in [0.2, 0.25) is 0 Å². The zero-order valence-corrected chi connectivity index (χ0v) is 11.7. The van der Waals surface area contributed by atoms with Crippen molar-refractivity contribution in [3.8, 4) is 10.4 Å². The number of benzene rings is 1. The number of carbonyl (C=O) groups is 1. The minimum Gasteiger partial charge on any atom is -0.397 e. The molecule has 0 saturated heterocycles. The summed E-state index contributed by atoms with van der Waals surface area (Å²) in [5, 5.41) is 14.1. The van der Waals surface area contributed by atoms with Crippen molar-refractivity contribution in [2.24, 2.45) is 5.92 Å². The van der Waals surface area contributed by atoms with Gasteiger partial charge >= 0.3 is 0 Å². The molecule has 1 aromatic carbocycles. The average Bonchev–Trinajstić information content (AvgIpc) is 2.91. The third-order valence-electron chi connectivity index (χ3n) is 3.60. The Morgan fingerprint density at radius 1 is 1.35 bits per heavy atom. The van der Waals surface area contributed by atoms with E-state index in [9.17, 15) is 9.90 Å². The lowest BCUT2D eigenvalue weighted by molar-refractivity contribution is -0.126. The van der Waals surface area contributed by atoms with Crippen molar-refractivity contribution in [2.75, 3.05) is 11.1 Å². The largest absolute Gasteiger partial charge is 0.397 e. The molecular formula is C15H16N2O2S. The van der Waals surface area contributed by atoms with Crippen LogP contribution in [0.4, 0.5) is 11.4 Å². The number of thiophene rings is 1. The highest BCUT2D eigenvalue weighted by molar-refractivity contribution is 7.13. The number of aliphatic hydroxyl groups is 1. The molecule has 0 spiro atoms. The monoisotopic (exact) mass is 288 g/mol. The SMILES string of the molecule is Nc1ccc(-c2cccs2)cc1NC(=O)C1CC(O)C1. The summed E-state index contributed by atoms with van der Waals surface area (Å²) in [5.41, 5.74) is 8.15. The molecule has 5 heteroatoms. The molecule has 1 fully saturated rings. The van der Waals surface area contributed by atoms with Crippen LogP contribution < -0.4 is 11.1 Å². The number of rotatable bonds is 3. The van der Waals surface area contributed by atoms with E-state index in [0.717, 1.165) is 10.4 Å². The topological polar surface area (TPSA) is 75.3 Å². The second-order valence-corrected chi connectivity index (χ2v) is 6.04. The molecule has 0 radical (unpaired) electrons. The summed E-state index contributed by atoms with van der Waals surface area (Å²) >= 11 is 1.65. The molecule has 4 nitrogen and oxygen atoms in total. The molecule has 0 unspecified atom stereocenters. The van der Waals surface area contributed by atoms with Crippen molar-refractivity contribution in [3.63, 3.8) is 0 Å². The number of nitrogens with two attached hydrogens (primary N) is 1. The molecule has 1 amide bonds. The predicted molar refractivity (Wildman–Crippen MR) is 81.5 cm³/mol. The highest BCUT2D eigenvalue weighted by Crippen LogP contribution is 2.32. The van der Waals surface area contributed by atoms with Gasteiger partial charge in [-0.05, 0) is 42.0 Å². The van der Waals surface area contributed by atoms with Crippen LogP contribution in [0.15, 0.2) is 35.7 Å². The molecule has 3 rings (SSSR count). The first-order chi connectivity index (χ1) is 9.63. The van der Waals surface area contributed by atoms with E-state index in [1.807, 2.05) is 29.6 Å². The van der Waals surface area contributed by atoms with Crippen molar-refractivity contribution in [2.45, 2.75) is 18.9 Å². The van der Waals surface area contributed by atoms with Gasteiger partial charge in [0.1, 0.15) is 0 Å². The first-order valence-electron chi connectivity index (χ1n) is 6.56. The molecule has 20 heavy (non-hydrogen) atoms. The van der Waals surface area contributed by atoms with Crippen LogP contribution in [0.5, 0.6) is 0 Å². The Morgan fingerprint density at radius 3 is 2.80 bits per heavy atom. The van der Waals surface area contributed by atoms with Crippen LogP contribution in [-0.2, 0) is 4.79 Å². The lowest BCUT2D eigenvalue weighted by Crippen LogP contribution is -2.37. The molecule has 4 N–H and O–H groups in total. The fourth-order valence-corrected chi connectivity index (χ4v) is 3.02. The number of nitrogens with one attached hydrogen (secondary N) is 1. The zero-order valence-electron chi connectivity index (χ0n) is 10.9. The summed E-state index contributed by atoms with van der Waals surface area (Å²) in [4.78, 5) is 13.2. The predicted octanol–water partition coefficient (Wildman–Crippen LogP) is 2.71. The zero-order chi connectivity index (χ0) is 14.1. The number of amides is 1. The second-order valence-electron chi connectivity index (χ2n) is 5.09. The van der Waals surface area contributed by atoms with Gasteiger partial charge < -0.3 is 16.2 Å². The van der Waals surface area contributed by atoms with Gasteiger partial charge in [-0.3, -0.25) is 4.79 Å². The molecule has 1 saturated carbocycles. The summed E-state index contributed by atoms with van der Waals surface area (Å²) in [6.45, 7) is 0. The highest BCUT2D eigenvalue weighted by atomic mass is 32.1. The van der Waals surface area contributed by atoms with Gasteiger partial charge in [-0.25, -0.2) is 0 Å². The molecule has 0 aliphatic heterocycles. The molecule has 0 bridgehead atoms. The Hall–Kier alpha value is -1.85. The number of aliphatic hydroxyl groups excluding tert-OH is 1. The van der Waals surface area contributed by atoms with Gasteiger partial charge in [-0.15, -0.1) is 11.3 Å². The molecule has 104 valence electrons. The maximum atomic E-state index is 12.0. The van der Waals surface area contributed by atoms with Crippen molar-refractivity contribution in [1.29, 1.82) is 0 Å². The summed E-state index contributed by atoms with van der Waals surface area (Å²) in [7, 11) is 0. The molecular weight excluding hydrogens is 272 g/mol. The van der Waals surface area contributed by atoms with Crippen molar-refractivity contribution in [3.05, 3.63) is 35.7 Å². The van der Waals surface area contributed by atoms with Gasteiger partial charge in [0, 0.05) is 10.8 Å². The Morgan fingerprint density at radius 2 is 2.15 bits per heavy atom. The smallest absolute Gasteiger partial charge is 0.227 e. The van der Waals surface area contributed by atoms with Gasteiger partial charge in [-0.2, -0.15) is 0 Å². The van der Waals surface area contributed by atoms with Crippen LogP contribution in [0.25, 0.3) is 10.4 Å². The standard InChI is InChI=1S/C15H16N2O2S/c16-12-4-3-9(14-2-1-5-20-14)8-13(12)17-15(19)10-6-11(18)7-10/h1-5,8,10-11,18H,6-7,16H2,(H,17,19). The van der Waals surface area contributed by atoms with Gasteiger partial charge in [0.2, 0.25) is 5.91 Å². The Bertz CT molecular complexity index is 619. The summed E-state index contributed by atoms with van der Waals surface area (Å²) in [6, 6.07) is 9.67. The molecule has 1 aromatic heterocycles. The quantitative estimate of drug-likeness (QED) is 0.760. The number of hydrogen-bond acceptors (Lipinski definition) is 4. The Labute approximate surface area is 121 Å². The maximum Gasteiger partial charge on any atom is 0.227 e. The van der Waals surface area contributed by atoms with E-state index in [2.05, 4.69) is 5.32 Å². The molecule has 1 aliphatic rings. The van der Waals surface area contributed by atoms with Crippen LogP contribution in [0.1, 0.15) is 12.8 Å². The van der Waals surface area contributed by atoms with E-state index in [4.69, 9.17) is 5.73 Å². The number of nitrogen functional groups attached to an aromatic ring is 1. The lowest BCUT2D eigenvalue weighted by atomic mass is 9.82. The summed E-state index contributed by atoms with van der Waals surface area (Å²) in [5.74, 6) is -0.167. The minimum absolute atomic E-state index is 0.0645. The lowest BCUT2D eigenvalue weighted by Gasteiger charge is -2.30. The minimum atomic E-state index is -0.333. The van der Waals surface area contributed by atoms with E-state index in [-0.39, 0.29) is 17.9 Å². The van der Waals surface area contributed by atoms with E-state index < -0.39 is 0 Å². The van der Waals surface area contributed by atoms with E-state index in [1.54, 1.807) is 17.4 Å². The van der Waals surface area contributed by atoms with Gasteiger partial charge in [0.15, 0.2) is 0 Å². The molecule has 1 aliphatic carbocycles. The Kier molecular flexibility index (Phi) is 3.46. The van der Waals surface area contributed by atoms with Crippen LogP contribution in [0.3, 0.4) is 0 Å². The van der Waals surface area contributed by atoms with Gasteiger partial charge in [0.25, 0.3) is 0 Å². The maximum absolute atomic E-state index is 12.0. The highest BCUT2D eigenvalue weighted by Gasteiger charge is 2.33. The fourth-order valence-electron chi connectivity index (χ4n) is 2.30. The molecule has 2 aromatic rings. The van der Waals surface area contributed by atoms with Gasteiger partial charge in [0.05, 0.1) is 17.5 Å². The van der Waals surface area contributed by atoms with Crippen molar-refractivity contribution in [1.82, 2.24) is 0 Å². The van der Waals surface area contributed by atoms with Crippen LogP contribution in [-0.4, -0.2) is 17.1 Å². The first-order valence-corrected chi connectivity index (χ1v) is 7.44. The van der Waals surface area contributed by atoms with Crippen LogP contribution in [0, 0.1) is 5.92 Å². The fraction of sp³-hybridized carbons (Fsp3) is 0.267. The van der Waals surface area contributed by atoms with E-state index in [1.165, 1.54) is 0 Å². The average molecular weight is 288 g/mol. The number of hydrogen-bond donors (Lipinski definition) is 3.